The minimum Gasteiger partial charge on any atom is -0.497 e. The van der Waals surface area contributed by atoms with Crippen LogP contribution in [-0.2, 0) is 14.3 Å². The van der Waals surface area contributed by atoms with Gasteiger partial charge in [0.05, 0.1) is 19.1 Å². The van der Waals surface area contributed by atoms with Crippen molar-refractivity contribution in [3.63, 3.8) is 0 Å². The Labute approximate surface area is 173 Å². The second-order valence-electron chi connectivity index (χ2n) is 6.31. The smallest absolute Gasteiger partial charge is 0.331 e. The molecule has 9 heteroatoms. The third-order valence-corrected chi connectivity index (χ3v) is 4.27. The van der Waals surface area contributed by atoms with E-state index in [1.165, 1.54) is 32.4 Å². The SMILES string of the molecule is COc1ccc(/C=C/C(=O)OCC(=O)Nc2cc(C)c(C)cc2[N+](=O)[O-])c(OC)c1. The summed E-state index contributed by atoms with van der Waals surface area (Å²) in [5, 5.41) is 13.6. The summed E-state index contributed by atoms with van der Waals surface area (Å²) < 4.78 is 15.2. The van der Waals surface area contributed by atoms with Gasteiger partial charge in [-0.3, -0.25) is 14.9 Å². The van der Waals surface area contributed by atoms with Gasteiger partial charge in [0.1, 0.15) is 17.2 Å². The lowest BCUT2D eigenvalue weighted by atomic mass is 10.1. The molecule has 0 aliphatic rings. The van der Waals surface area contributed by atoms with Crippen LogP contribution < -0.4 is 14.8 Å². The van der Waals surface area contributed by atoms with Gasteiger partial charge < -0.3 is 19.5 Å². The highest BCUT2D eigenvalue weighted by Crippen LogP contribution is 2.28. The lowest BCUT2D eigenvalue weighted by Crippen LogP contribution is -2.20. The van der Waals surface area contributed by atoms with Crippen molar-refractivity contribution in [1.29, 1.82) is 0 Å². The molecule has 9 nitrogen and oxygen atoms in total. The number of carbonyl (C=O) groups is 2. The minimum absolute atomic E-state index is 0.0441. The molecule has 1 amide bonds. The number of ether oxygens (including phenoxy) is 3. The van der Waals surface area contributed by atoms with Crippen molar-refractivity contribution in [3.8, 4) is 11.5 Å². The number of nitro benzene ring substituents is 1. The van der Waals surface area contributed by atoms with Crippen LogP contribution in [0.25, 0.3) is 6.08 Å². The Morgan fingerprint density at radius 3 is 2.43 bits per heavy atom. The van der Waals surface area contributed by atoms with Crippen LogP contribution in [-0.4, -0.2) is 37.6 Å². The number of nitrogens with one attached hydrogen (secondary N) is 1. The van der Waals surface area contributed by atoms with E-state index >= 15 is 0 Å². The zero-order valence-electron chi connectivity index (χ0n) is 17.1. The van der Waals surface area contributed by atoms with Crippen LogP contribution in [0.15, 0.2) is 36.4 Å². The first-order valence-corrected chi connectivity index (χ1v) is 8.87. The molecule has 0 atom stereocenters. The average Bonchev–Trinajstić information content (AvgIpc) is 2.72. The molecule has 2 rings (SSSR count). The van der Waals surface area contributed by atoms with Crippen molar-refractivity contribution in [2.75, 3.05) is 26.1 Å². The fraction of sp³-hybridized carbons (Fsp3) is 0.238. The molecule has 0 aliphatic heterocycles. The molecule has 0 spiro atoms. The fourth-order valence-electron chi connectivity index (χ4n) is 2.54. The highest BCUT2D eigenvalue weighted by atomic mass is 16.6. The van der Waals surface area contributed by atoms with Gasteiger partial charge in [-0.15, -0.1) is 0 Å². The van der Waals surface area contributed by atoms with E-state index in [4.69, 9.17) is 14.2 Å². The van der Waals surface area contributed by atoms with Crippen LogP contribution in [0, 0.1) is 24.0 Å². The Morgan fingerprint density at radius 1 is 1.10 bits per heavy atom. The summed E-state index contributed by atoms with van der Waals surface area (Å²) in [6, 6.07) is 7.95. The number of nitrogens with zero attached hydrogens (tertiary/aromatic N) is 1. The van der Waals surface area contributed by atoms with Gasteiger partial charge in [0.15, 0.2) is 6.61 Å². The van der Waals surface area contributed by atoms with Gasteiger partial charge in [0, 0.05) is 23.8 Å². The summed E-state index contributed by atoms with van der Waals surface area (Å²) in [7, 11) is 3.01. The van der Waals surface area contributed by atoms with Gasteiger partial charge in [-0.05, 0) is 49.2 Å². The van der Waals surface area contributed by atoms with Crippen molar-refractivity contribution in [1.82, 2.24) is 0 Å². The molecular weight excluding hydrogens is 392 g/mol. The first-order valence-electron chi connectivity index (χ1n) is 8.87. The number of nitro groups is 1. The number of anilines is 1. The van der Waals surface area contributed by atoms with E-state index in [1.807, 2.05) is 0 Å². The van der Waals surface area contributed by atoms with Gasteiger partial charge in [0.25, 0.3) is 11.6 Å². The maximum Gasteiger partial charge on any atom is 0.331 e. The van der Waals surface area contributed by atoms with Gasteiger partial charge in [-0.2, -0.15) is 0 Å². The normalized spacial score (nSPS) is 10.5. The second-order valence-corrected chi connectivity index (χ2v) is 6.31. The number of hydrogen-bond acceptors (Lipinski definition) is 7. The van der Waals surface area contributed by atoms with Gasteiger partial charge in [0.2, 0.25) is 0 Å². The Bertz CT molecular complexity index is 999. The van der Waals surface area contributed by atoms with E-state index in [9.17, 15) is 19.7 Å². The van der Waals surface area contributed by atoms with Crippen LogP contribution in [0.4, 0.5) is 11.4 Å². The third kappa shape index (κ3) is 5.81. The lowest BCUT2D eigenvalue weighted by Gasteiger charge is -2.09. The van der Waals surface area contributed by atoms with Crippen molar-refractivity contribution >= 4 is 29.3 Å². The topological polar surface area (TPSA) is 117 Å². The predicted octanol–water partition coefficient (Wildman–Crippen LogP) is 3.42. The molecule has 2 aromatic rings. The molecule has 0 unspecified atom stereocenters. The number of rotatable bonds is 8. The summed E-state index contributed by atoms with van der Waals surface area (Å²) in [6.45, 7) is 2.92. The molecular formula is C21H22N2O7. The standard InChI is InChI=1S/C21H22N2O7/c1-13-9-17(18(23(26)27)10-14(13)2)22-20(24)12-30-21(25)8-6-15-5-7-16(28-3)11-19(15)29-4/h5-11H,12H2,1-4H3,(H,22,24)/b8-6+. The second kappa shape index (κ2) is 10.1. The average molecular weight is 414 g/mol. The lowest BCUT2D eigenvalue weighted by molar-refractivity contribution is -0.384. The van der Waals surface area contributed by atoms with E-state index in [-0.39, 0.29) is 11.4 Å². The molecule has 0 fully saturated rings. The van der Waals surface area contributed by atoms with Gasteiger partial charge in [-0.25, -0.2) is 4.79 Å². The van der Waals surface area contributed by atoms with Crippen LogP contribution in [0.3, 0.4) is 0 Å². The summed E-state index contributed by atoms with van der Waals surface area (Å²) in [4.78, 5) is 34.6. The van der Waals surface area contributed by atoms with Crippen molar-refractivity contribution in [2.45, 2.75) is 13.8 Å². The van der Waals surface area contributed by atoms with Crippen LogP contribution in [0.5, 0.6) is 11.5 Å². The molecule has 1 N–H and O–H groups in total. The Balaban J connectivity index is 1.99. The summed E-state index contributed by atoms with van der Waals surface area (Å²) in [6.07, 6.45) is 2.63. The number of hydrogen-bond donors (Lipinski definition) is 1. The molecule has 0 saturated carbocycles. The highest BCUT2D eigenvalue weighted by Gasteiger charge is 2.18. The zero-order chi connectivity index (χ0) is 22.3. The summed E-state index contributed by atoms with van der Waals surface area (Å²) >= 11 is 0. The number of amides is 1. The molecule has 0 aromatic heterocycles. The van der Waals surface area contributed by atoms with Crippen LogP contribution >= 0.6 is 0 Å². The molecule has 0 heterocycles. The molecule has 0 radical (unpaired) electrons. The zero-order valence-corrected chi connectivity index (χ0v) is 17.1. The molecule has 2 aromatic carbocycles. The maximum atomic E-state index is 12.1. The molecule has 158 valence electrons. The first kappa shape index (κ1) is 22.4. The summed E-state index contributed by atoms with van der Waals surface area (Å²) in [5.41, 5.74) is 1.94. The minimum atomic E-state index is -0.752. The Hall–Kier alpha value is -3.88. The molecule has 0 bridgehead atoms. The highest BCUT2D eigenvalue weighted by molar-refractivity contribution is 5.96. The van der Waals surface area contributed by atoms with Crippen molar-refractivity contribution < 1.29 is 28.7 Å². The van der Waals surface area contributed by atoms with Gasteiger partial charge >= 0.3 is 5.97 Å². The number of aryl methyl sites for hydroxylation is 2. The van der Waals surface area contributed by atoms with Crippen molar-refractivity contribution in [3.05, 3.63) is 63.2 Å². The molecule has 0 aliphatic carbocycles. The fourth-order valence-corrected chi connectivity index (χ4v) is 2.54. The largest absolute Gasteiger partial charge is 0.497 e. The Kier molecular flexibility index (Phi) is 7.51. The summed E-state index contributed by atoms with van der Waals surface area (Å²) in [5.74, 6) is -0.343. The van der Waals surface area contributed by atoms with Crippen molar-refractivity contribution in [2.24, 2.45) is 0 Å². The van der Waals surface area contributed by atoms with E-state index in [2.05, 4.69) is 5.32 Å². The predicted molar refractivity (Wildman–Crippen MR) is 111 cm³/mol. The molecule has 30 heavy (non-hydrogen) atoms. The van der Waals surface area contributed by atoms with E-state index in [0.29, 0.717) is 17.1 Å². The maximum absolute atomic E-state index is 12.1. The van der Waals surface area contributed by atoms with Crippen LogP contribution in [0.1, 0.15) is 16.7 Å². The quantitative estimate of drug-likeness (QED) is 0.304. The van der Waals surface area contributed by atoms with Crippen LogP contribution in [0.2, 0.25) is 0 Å². The number of carbonyl (C=O) groups excluding carboxylic acids is 2. The third-order valence-electron chi connectivity index (χ3n) is 4.27. The van der Waals surface area contributed by atoms with E-state index < -0.39 is 23.4 Å². The Morgan fingerprint density at radius 2 is 1.80 bits per heavy atom. The first-order chi connectivity index (χ1) is 14.2. The number of benzene rings is 2. The van der Waals surface area contributed by atoms with Gasteiger partial charge in [-0.1, -0.05) is 0 Å². The van der Waals surface area contributed by atoms with E-state index in [0.717, 1.165) is 17.2 Å². The van der Waals surface area contributed by atoms with E-state index in [1.54, 1.807) is 32.0 Å². The monoisotopic (exact) mass is 414 g/mol. The molecule has 0 saturated heterocycles. The number of methoxy groups -OCH3 is 2. The number of esters is 1.